The fraction of sp³-hybridized carbons (Fsp3) is 0.150. The number of amides is 2. The number of rotatable bonds is 6. The van der Waals surface area contributed by atoms with Gasteiger partial charge >= 0.3 is 0 Å². The molecule has 2 aromatic carbocycles. The van der Waals surface area contributed by atoms with Crippen molar-refractivity contribution in [1.29, 1.82) is 0 Å². The first-order valence-corrected chi connectivity index (χ1v) is 9.52. The molecule has 0 bridgehead atoms. The number of aryl methyl sites for hydroxylation is 1. The van der Waals surface area contributed by atoms with Crippen LogP contribution in [0.5, 0.6) is 0 Å². The second-order valence-corrected chi connectivity index (χ2v) is 7.15. The molecule has 2 amide bonds. The maximum absolute atomic E-state index is 13.1. The van der Waals surface area contributed by atoms with Gasteiger partial charge in [-0.3, -0.25) is 9.59 Å². The summed E-state index contributed by atoms with van der Waals surface area (Å²) in [5.74, 6) is 0.0922. The van der Waals surface area contributed by atoms with Gasteiger partial charge in [0.25, 0.3) is 0 Å². The van der Waals surface area contributed by atoms with Crippen LogP contribution in [0, 0.1) is 12.7 Å². The highest BCUT2D eigenvalue weighted by atomic mass is 32.2. The Hall–Kier alpha value is -3.13. The number of hydrogen-bond donors (Lipinski definition) is 2. The third kappa shape index (κ3) is 5.20. The van der Waals surface area contributed by atoms with Crippen molar-refractivity contribution < 1.29 is 14.0 Å². The van der Waals surface area contributed by atoms with Crippen LogP contribution in [-0.4, -0.2) is 27.3 Å². The fourth-order valence-electron chi connectivity index (χ4n) is 2.53. The third-order valence-electron chi connectivity index (χ3n) is 3.71. The Bertz CT molecular complexity index is 984. The Kier molecular flexibility index (Phi) is 6.10. The molecule has 144 valence electrons. The summed E-state index contributed by atoms with van der Waals surface area (Å²) in [6.07, 6.45) is 0. The lowest BCUT2D eigenvalue weighted by Crippen LogP contribution is -2.17. The number of nitrogens with one attached hydrogen (secondary N) is 2. The number of halogens is 1. The van der Waals surface area contributed by atoms with Crippen molar-refractivity contribution in [2.24, 2.45) is 0 Å². The number of benzene rings is 2. The van der Waals surface area contributed by atoms with Crippen LogP contribution in [0.15, 0.2) is 59.5 Å². The summed E-state index contributed by atoms with van der Waals surface area (Å²) in [5, 5.41) is 9.89. The van der Waals surface area contributed by atoms with Crippen molar-refractivity contribution in [3.8, 4) is 5.69 Å². The second kappa shape index (κ2) is 8.71. The van der Waals surface area contributed by atoms with Gasteiger partial charge in [0, 0.05) is 23.6 Å². The molecule has 0 saturated heterocycles. The zero-order chi connectivity index (χ0) is 20.1. The van der Waals surface area contributed by atoms with E-state index in [0.717, 1.165) is 10.6 Å². The van der Waals surface area contributed by atoms with Gasteiger partial charge in [0.2, 0.25) is 11.8 Å². The second-order valence-electron chi connectivity index (χ2n) is 6.10. The molecule has 0 aliphatic rings. The van der Waals surface area contributed by atoms with Gasteiger partial charge in [0.15, 0.2) is 0 Å². The molecule has 1 heterocycles. The molecule has 0 radical (unpaired) electrons. The topological polar surface area (TPSA) is 76.0 Å². The minimum atomic E-state index is -0.334. The highest BCUT2D eigenvalue weighted by Gasteiger charge is 2.11. The molecule has 8 heteroatoms. The molecule has 0 atom stereocenters. The Morgan fingerprint density at radius 2 is 1.75 bits per heavy atom. The van der Waals surface area contributed by atoms with Gasteiger partial charge in [-0.15, -0.1) is 11.8 Å². The van der Waals surface area contributed by atoms with Crippen molar-refractivity contribution in [3.05, 3.63) is 66.1 Å². The lowest BCUT2D eigenvalue weighted by molar-refractivity contribution is -0.114. The fourth-order valence-corrected chi connectivity index (χ4v) is 3.23. The molecule has 28 heavy (non-hydrogen) atoms. The van der Waals surface area contributed by atoms with Crippen molar-refractivity contribution in [1.82, 2.24) is 9.78 Å². The molecule has 0 aliphatic carbocycles. The number of carbonyl (C=O) groups is 2. The maximum atomic E-state index is 13.1. The number of anilines is 2. The van der Waals surface area contributed by atoms with Crippen molar-refractivity contribution >= 4 is 35.1 Å². The first kappa shape index (κ1) is 19.6. The Balaban J connectivity index is 1.62. The van der Waals surface area contributed by atoms with Crippen LogP contribution in [0.3, 0.4) is 0 Å². The summed E-state index contributed by atoms with van der Waals surface area (Å²) >= 11 is 1.38. The normalized spacial score (nSPS) is 10.5. The van der Waals surface area contributed by atoms with Crippen LogP contribution in [0.4, 0.5) is 15.9 Å². The lowest BCUT2D eigenvalue weighted by atomic mass is 10.3. The van der Waals surface area contributed by atoms with Gasteiger partial charge in [-0.1, -0.05) is 0 Å². The molecular formula is C20H19FN4O2S. The van der Waals surface area contributed by atoms with Gasteiger partial charge in [-0.05, 0) is 55.5 Å². The van der Waals surface area contributed by atoms with Crippen molar-refractivity contribution in [2.75, 3.05) is 16.4 Å². The lowest BCUT2D eigenvalue weighted by Gasteiger charge is -2.09. The quantitative estimate of drug-likeness (QED) is 0.615. The molecule has 3 aromatic rings. The number of hydrogen-bond acceptors (Lipinski definition) is 4. The van der Waals surface area contributed by atoms with Crippen LogP contribution < -0.4 is 10.6 Å². The van der Waals surface area contributed by atoms with Crippen LogP contribution in [0.25, 0.3) is 5.69 Å². The van der Waals surface area contributed by atoms with Crippen LogP contribution in [-0.2, 0) is 9.59 Å². The summed E-state index contributed by atoms with van der Waals surface area (Å²) in [4.78, 5) is 24.3. The van der Waals surface area contributed by atoms with Gasteiger partial charge in [0.05, 0.1) is 17.1 Å². The van der Waals surface area contributed by atoms with Crippen LogP contribution in [0.1, 0.15) is 12.6 Å². The number of thioether (sulfide) groups is 1. The zero-order valence-corrected chi connectivity index (χ0v) is 16.2. The van der Waals surface area contributed by atoms with Gasteiger partial charge in [-0.2, -0.15) is 5.10 Å². The molecule has 2 N–H and O–H groups in total. The van der Waals surface area contributed by atoms with Gasteiger partial charge < -0.3 is 10.6 Å². The summed E-state index contributed by atoms with van der Waals surface area (Å²) in [5.41, 5.74) is 2.10. The summed E-state index contributed by atoms with van der Waals surface area (Å²) < 4.78 is 14.7. The first-order chi connectivity index (χ1) is 13.4. The molecule has 0 fully saturated rings. The molecule has 0 unspecified atom stereocenters. The van der Waals surface area contributed by atoms with E-state index in [0.29, 0.717) is 17.2 Å². The van der Waals surface area contributed by atoms with E-state index in [9.17, 15) is 14.0 Å². The summed E-state index contributed by atoms with van der Waals surface area (Å²) in [6.45, 7) is 3.27. The SMILES string of the molecule is CC(=O)Nc1ccc(SCC(=O)Nc2cc(C)nn2-c2ccc(F)cc2)cc1. The first-order valence-electron chi connectivity index (χ1n) is 8.53. The minimum absolute atomic E-state index is 0.132. The predicted octanol–water partition coefficient (Wildman–Crippen LogP) is 4.01. The molecule has 6 nitrogen and oxygen atoms in total. The average Bonchev–Trinajstić information content (AvgIpc) is 3.01. The van der Waals surface area contributed by atoms with E-state index < -0.39 is 0 Å². The summed E-state index contributed by atoms with van der Waals surface area (Å²) in [6, 6.07) is 14.9. The van der Waals surface area contributed by atoms with E-state index in [1.165, 1.54) is 30.8 Å². The smallest absolute Gasteiger partial charge is 0.235 e. The van der Waals surface area contributed by atoms with E-state index in [2.05, 4.69) is 15.7 Å². The third-order valence-corrected chi connectivity index (χ3v) is 4.73. The Labute approximate surface area is 166 Å². The molecule has 0 aliphatic heterocycles. The summed E-state index contributed by atoms with van der Waals surface area (Å²) in [7, 11) is 0. The monoisotopic (exact) mass is 398 g/mol. The highest BCUT2D eigenvalue weighted by Crippen LogP contribution is 2.22. The van der Waals surface area contributed by atoms with Gasteiger partial charge in [-0.25, -0.2) is 9.07 Å². The highest BCUT2D eigenvalue weighted by molar-refractivity contribution is 8.00. The standard InChI is InChI=1S/C20H19FN4O2S/c1-13-11-19(25(24-13)17-7-3-15(21)4-8-17)23-20(27)12-28-18-9-5-16(6-10-18)22-14(2)26/h3-11H,12H2,1-2H3,(H,22,26)(H,23,27). The van der Waals surface area contributed by atoms with Crippen molar-refractivity contribution in [3.63, 3.8) is 0 Å². The zero-order valence-electron chi connectivity index (χ0n) is 15.4. The van der Waals surface area contributed by atoms with Crippen LogP contribution >= 0.6 is 11.8 Å². The molecule has 0 saturated carbocycles. The van der Waals surface area contributed by atoms with E-state index >= 15 is 0 Å². The van der Waals surface area contributed by atoms with Crippen LogP contribution in [0.2, 0.25) is 0 Å². The molecule has 0 spiro atoms. The minimum Gasteiger partial charge on any atom is -0.326 e. The Morgan fingerprint density at radius 1 is 1.07 bits per heavy atom. The van der Waals surface area contributed by atoms with E-state index in [1.807, 2.05) is 19.1 Å². The number of aromatic nitrogens is 2. The van der Waals surface area contributed by atoms with E-state index in [1.54, 1.807) is 35.0 Å². The number of nitrogens with zero attached hydrogens (tertiary/aromatic N) is 2. The predicted molar refractivity (Wildman–Crippen MR) is 108 cm³/mol. The van der Waals surface area contributed by atoms with E-state index in [4.69, 9.17) is 0 Å². The molecule has 1 aromatic heterocycles. The van der Waals surface area contributed by atoms with Crippen molar-refractivity contribution in [2.45, 2.75) is 18.7 Å². The average molecular weight is 398 g/mol. The van der Waals surface area contributed by atoms with E-state index in [-0.39, 0.29) is 23.4 Å². The number of carbonyl (C=O) groups excluding carboxylic acids is 2. The molecular weight excluding hydrogens is 379 g/mol. The Morgan fingerprint density at radius 3 is 2.39 bits per heavy atom. The van der Waals surface area contributed by atoms with Gasteiger partial charge in [0.1, 0.15) is 11.6 Å². The molecule has 3 rings (SSSR count). The maximum Gasteiger partial charge on any atom is 0.235 e. The largest absolute Gasteiger partial charge is 0.326 e.